The Hall–Kier alpha value is -0.340. The van der Waals surface area contributed by atoms with Gasteiger partial charge in [0.1, 0.15) is 0 Å². The fourth-order valence-corrected chi connectivity index (χ4v) is 2.86. The summed E-state index contributed by atoms with van der Waals surface area (Å²) < 4.78 is 5.31. The van der Waals surface area contributed by atoms with E-state index in [1.54, 1.807) is 5.57 Å². The molecule has 0 aromatic rings. The summed E-state index contributed by atoms with van der Waals surface area (Å²) in [4.78, 5) is 0. The van der Waals surface area contributed by atoms with Gasteiger partial charge in [-0.3, -0.25) is 0 Å². The van der Waals surface area contributed by atoms with E-state index < -0.39 is 0 Å². The Kier molecular flexibility index (Phi) is 4.86. The minimum Gasteiger partial charge on any atom is -0.377 e. The summed E-state index contributed by atoms with van der Waals surface area (Å²) in [6.45, 7) is 5.23. The van der Waals surface area contributed by atoms with E-state index in [9.17, 15) is 0 Å². The van der Waals surface area contributed by atoms with Crippen molar-refractivity contribution in [1.82, 2.24) is 5.32 Å². The topological polar surface area (TPSA) is 21.3 Å². The lowest BCUT2D eigenvalue weighted by Gasteiger charge is -2.16. The van der Waals surface area contributed by atoms with Crippen molar-refractivity contribution < 1.29 is 4.74 Å². The van der Waals surface area contributed by atoms with Crippen LogP contribution in [0.2, 0.25) is 0 Å². The lowest BCUT2D eigenvalue weighted by Crippen LogP contribution is -2.28. The molecule has 1 aliphatic heterocycles. The smallest absolute Gasteiger partial charge is 0.0650 e. The molecule has 0 aromatic heterocycles. The second kappa shape index (κ2) is 6.41. The number of nitrogens with one attached hydrogen (secondary N) is 1. The molecular weight excluding hydrogens is 198 g/mol. The van der Waals surface area contributed by atoms with Gasteiger partial charge in [0.25, 0.3) is 0 Å². The van der Waals surface area contributed by atoms with E-state index in [0.717, 1.165) is 38.1 Å². The molecule has 2 atom stereocenters. The highest BCUT2D eigenvalue weighted by Crippen LogP contribution is 2.27. The molecular formula is C14H25NO. The van der Waals surface area contributed by atoms with E-state index in [1.807, 2.05) is 0 Å². The Bertz CT molecular complexity index is 237. The van der Waals surface area contributed by atoms with Gasteiger partial charge in [0.15, 0.2) is 0 Å². The van der Waals surface area contributed by atoms with Crippen LogP contribution < -0.4 is 5.32 Å². The highest BCUT2D eigenvalue weighted by molar-refractivity contribution is 5.04. The van der Waals surface area contributed by atoms with Gasteiger partial charge in [-0.2, -0.15) is 0 Å². The predicted octanol–water partition coefficient (Wildman–Crippen LogP) is 2.89. The predicted molar refractivity (Wildman–Crippen MR) is 67.6 cm³/mol. The molecule has 1 heterocycles. The van der Waals surface area contributed by atoms with Gasteiger partial charge in [-0.15, -0.1) is 0 Å². The lowest BCUT2D eigenvalue weighted by atomic mass is 10.1. The van der Waals surface area contributed by atoms with Gasteiger partial charge in [0.05, 0.1) is 13.2 Å². The van der Waals surface area contributed by atoms with Crippen molar-refractivity contribution in [3.63, 3.8) is 0 Å². The molecule has 1 N–H and O–H groups in total. The van der Waals surface area contributed by atoms with E-state index in [0.29, 0.717) is 0 Å². The van der Waals surface area contributed by atoms with E-state index in [2.05, 4.69) is 18.3 Å². The van der Waals surface area contributed by atoms with Gasteiger partial charge in [-0.05, 0) is 44.6 Å². The Morgan fingerprint density at radius 2 is 2.38 bits per heavy atom. The molecule has 0 saturated heterocycles. The number of ether oxygens (including phenoxy) is 1. The average molecular weight is 223 g/mol. The zero-order valence-corrected chi connectivity index (χ0v) is 10.5. The van der Waals surface area contributed by atoms with Crippen LogP contribution in [0.15, 0.2) is 11.6 Å². The minimum absolute atomic E-state index is 0.797. The lowest BCUT2D eigenvalue weighted by molar-refractivity contribution is 0.153. The first kappa shape index (κ1) is 12.1. The minimum atomic E-state index is 0.797. The van der Waals surface area contributed by atoms with Crippen molar-refractivity contribution >= 4 is 0 Å². The van der Waals surface area contributed by atoms with Crippen LogP contribution in [-0.2, 0) is 4.74 Å². The molecule has 0 amide bonds. The van der Waals surface area contributed by atoms with Gasteiger partial charge in [-0.25, -0.2) is 0 Å². The first-order valence-electron chi connectivity index (χ1n) is 6.87. The second-order valence-electron chi connectivity index (χ2n) is 5.18. The second-order valence-corrected chi connectivity index (χ2v) is 5.18. The molecule has 1 saturated carbocycles. The van der Waals surface area contributed by atoms with Gasteiger partial charge in [0.2, 0.25) is 0 Å². The van der Waals surface area contributed by atoms with Gasteiger partial charge in [-0.1, -0.05) is 25.0 Å². The van der Waals surface area contributed by atoms with Crippen LogP contribution in [0.25, 0.3) is 0 Å². The fraction of sp³-hybridized carbons (Fsp3) is 0.857. The summed E-state index contributed by atoms with van der Waals surface area (Å²) >= 11 is 0. The standard InChI is InChI=1S/C14H25NO/c1-2-12-3-4-14(11-12)15-8-5-13-6-9-16-10-7-13/h6,12,14-15H,2-5,7-11H2,1H3. The van der Waals surface area contributed by atoms with Crippen LogP contribution >= 0.6 is 0 Å². The molecule has 2 unspecified atom stereocenters. The van der Waals surface area contributed by atoms with Crippen molar-refractivity contribution in [3.05, 3.63) is 11.6 Å². The van der Waals surface area contributed by atoms with E-state index in [4.69, 9.17) is 4.74 Å². The summed E-state index contributed by atoms with van der Waals surface area (Å²) in [7, 11) is 0. The number of rotatable bonds is 5. The number of hydrogen-bond donors (Lipinski definition) is 1. The first-order chi connectivity index (χ1) is 7.88. The van der Waals surface area contributed by atoms with Crippen LogP contribution in [0.1, 0.15) is 45.4 Å². The Labute approximate surface area is 99.4 Å². The van der Waals surface area contributed by atoms with Crippen LogP contribution in [0.5, 0.6) is 0 Å². The van der Waals surface area contributed by atoms with E-state index >= 15 is 0 Å². The van der Waals surface area contributed by atoms with Gasteiger partial charge < -0.3 is 10.1 Å². The Morgan fingerprint density at radius 3 is 3.06 bits per heavy atom. The molecule has 0 radical (unpaired) electrons. The van der Waals surface area contributed by atoms with Gasteiger partial charge >= 0.3 is 0 Å². The van der Waals surface area contributed by atoms with E-state index in [-0.39, 0.29) is 0 Å². The molecule has 92 valence electrons. The van der Waals surface area contributed by atoms with Gasteiger partial charge in [0, 0.05) is 6.04 Å². The SMILES string of the molecule is CCC1CCC(NCCC2=CCOCC2)C1. The molecule has 0 spiro atoms. The highest BCUT2D eigenvalue weighted by atomic mass is 16.5. The van der Waals surface area contributed by atoms with E-state index in [1.165, 1.54) is 32.1 Å². The molecule has 16 heavy (non-hydrogen) atoms. The quantitative estimate of drug-likeness (QED) is 0.724. The summed E-state index contributed by atoms with van der Waals surface area (Å²) in [5.41, 5.74) is 1.59. The summed E-state index contributed by atoms with van der Waals surface area (Å²) in [5.74, 6) is 0.986. The maximum atomic E-state index is 5.31. The van der Waals surface area contributed by atoms with Crippen molar-refractivity contribution in [2.24, 2.45) is 5.92 Å². The van der Waals surface area contributed by atoms with Crippen molar-refractivity contribution in [2.45, 2.75) is 51.5 Å². The van der Waals surface area contributed by atoms with Crippen molar-refractivity contribution in [2.75, 3.05) is 19.8 Å². The third kappa shape index (κ3) is 3.60. The molecule has 0 aromatic carbocycles. The number of hydrogen-bond acceptors (Lipinski definition) is 2. The van der Waals surface area contributed by atoms with Crippen molar-refractivity contribution in [1.29, 1.82) is 0 Å². The molecule has 2 aliphatic rings. The monoisotopic (exact) mass is 223 g/mol. The molecule has 1 fully saturated rings. The van der Waals surface area contributed by atoms with Crippen molar-refractivity contribution in [3.8, 4) is 0 Å². The molecule has 0 bridgehead atoms. The molecule has 2 nitrogen and oxygen atoms in total. The average Bonchev–Trinajstić information content (AvgIpc) is 2.78. The largest absolute Gasteiger partial charge is 0.377 e. The fourth-order valence-electron chi connectivity index (χ4n) is 2.86. The molecule has 2 heteroatoms. The summed E-state index contributed by atoms with van der Waals surface area (Å²) in [5, 5.41) is 3.71. The zero-order chi connectivity index (χ0) is 11.2. The highest BCUT2D eigenvalue weighted by Gasteiger charge is 2.22. The summed E-state index contributed by atoms with van der Waals surface area (Å²) in [6.07, 6.45) is 10.2. The molecule has 2 rings (SSSR count). The zero-order valence-electron chi connectivity index (χ0n) is 10.5. The normalized spacial score (nSPS) is 30.4. The third-order valence-electron chi connectivity index (χ3n) is 4.06. The van der Waals surface area contributed by atoms with Crippen LogP contribution in [0.3, 0.4) is 0 Å². The molecule has 1 aliphatic carbocycles. The van der Waals surface area contributed by atoms with Crippen LogP contribution in [0.4, 0.5) is 0 Å². The third-order valence-corrected chi connectivity index (χ3v) is 4.06. The first-order valence-corrected chi connectivity index (χ1v) is 6.87. The van der Waals surface area contributed by atoms with Crippen LogP contribution in [0, 0.1) is 5.92 Å². The van der Waals surface area contributed by atoms with Crippen LogP contribution in [-0.4, -0.2) is 25.8 Å². The Morgan fingerprint density at radius 1 is 1.44 bits per heavy atom. The summed E-state index contributed by atoms with van der Waals surface area (Å²) in [6, 6.07) is 0.797. The Balaban J connectivity index is 1.59. The maximum Gasteiger partial charge on any atom is 0.0650 e. The maximum absolute atomic E-state index is 5.31.